The van der Waals surface area contributed by atoms with Crippen molar-refractivity contribution in [1.82, 2.24) is 30.5 Å². The van der Waals surface area contributed by atoms with Crippen molar-refractivity contribution in [1.29, 1.82) is 0 Å². The highest BCUT2D eigenvalue weighted by Crippen LogP contribution is 2.39. The van der Waals surface area contributed by atoms with Crippen molar-refractivity contribution in [2.45, 2.75) is 37.6 Å². The Morgan fingerprint density at radius 1 is 1.15 bits per heavy atom. The first kappa shape index (κ1) is 16.4. The lowest BCUT2D eigenvalue weighted by atomic mass is 10.0. The second kappa shape index (κ2) is 6.42. The van der Waals surface area contributed by atoms with Gasteiger partial charge in [0.1, 0.15) is 0 Å². The van der Waals surface area contributed by atoms with Gasteiger partial charge in [0.05, 0.1) is 16.4 Å². The van der Waals surface area contributed by atoms with Crippen LogP contribution in [0.5, 0.6) is 0 Å². The molecule has 2 aromatic heterocycles. The van der Waals surface area contributed by atoms with Crippen LogP contribution in [0.25, 0.3) is 16.9 Å². The minimum atomic E-state index is -0.0874. The van der Waals surface area contributed by atoms with E-state index in [0.29, 0.717) is 16.5 Å². The maximum atomic E-state index is 12.7. The third-order valence-corrected chi connectivity index (χ3v) is 5.02. The van der Waals surface area contributed by atoms with Crippen molar-refractivity contribution in [2.24, 2.45) is 0 Å². The van der Waals surface area contributed by atoms with E-state index >= 15 is 0 Å². The SMILES string of the molecule is O=C(NC1CC1)c1cc(-c2ccc(Cl)cn2)cc(-n2nnnc2C2CC2)c1. The molecule has 2 aliphatic rings. The molecule has 0 atom stereocenters. The molecule has 2 fully saturated rings. The van der Waals surface area contributed by atoms with E-state index in [1.165, 1.54) is 0 Å². The van der Waals surface area contributed by atoms with E-state index in [0.717, 1.165) is 48.5 Å². The molecule has 1 aromatic carbocycles. The van der Waals surface area contributed by atoms with Gasteiger partial charge < -0.3 is 5.32 Å². The molecule has 7 nitrogen and oxygen atoms in total. The molecule has 0 bridgehead atoms. The van der Waals surface area contributed by atoms with Gasteiger partial charge in [0.25, 0.3) is 5.91 Å². The van der Waals surface area contributed by atoms with Crippen LogP contribution in [0.1, 0.15) is 47.8 Å². The number of carbonyl (C=O) groups is 1. The number of nitrogens with zero attached hydrogens (tertiary/aromatic N) is 5. The van der Waals surface area contributed by atoms with Crippen molar-refractivity contribution >= 4 is 17.5 Å². The van der Waals surface area contributed by atoms with E-state index < -0.39 is 0 Å². The first-order valence-electron chi connectivity index (χ1n) is 9.04. The fourth-order valence-corrected chi connectivity index (χ4v) is 3.14. The summed E-state index contributed by atoms with van der Waals surface area (Å²) in [5.74, 6) is 1.14. The van der Waals surface area contributed by atoms with Crippen molar-refractivity contribution in [2.75, 3.05) is 0 Å². The molecule has 1 amide bonds. The molecule has 0 radical (unpaired) electrons. The number of hydrogen-bond acceptors (Lipinski definition) is 5. The summed E-state index contributed by atoms with van der Waals surface area (Å²) < 4.78 is 1.73. The molecule has 2 saturated carbocycles. The van der Waals surface area contributed by atoms with E-state index in [4.69, 9.17) is 11.6 Å². The molecular formula is C19H17ClN6O. The molecule has 0 saturated heterocycles. The summed E-state index contributed by atoms with van der Waals surface area (Å²) in [6, 6.07) is 9.54. The number of aromatic nitrogens is 5. The van der Waals surface area contributed by atoms with Gasteiger partial charge in [-0.2, -0.15) is 4.68 Å². The smallest absolute Gasteiger partial charge is 0.251 e. The average molecular weight is 381 g/mol. The largest absolute Gasteiger partial charge is 0.349 e. The molecule has 2 aliphatic carbocycles. The Hall–Kier alpha value is -2.80. The van der Waals surface area contributed by atoms with Gasteiger partial charge in [-0.25, -0.2) is 0 Å². The lowest BCUT2D eigenvalue weighted by molar-refractivity contribution is 0.0951. The highest BCUT2D eigenvalue weighted by molar-refractivity contribution is 6.30. The third kappa shape index (κ3) is 3.42. The molecule has 5 rings (SSSR count). The minimum absolute atomic E-state index is 0.0874. The Morgan fingerprint density at radius 3 is 2.70 bits per heavy atom. The maximum Gasteiger partial charge on any atom is 0.251 e. The Morgan fingerprint density at radius 2 is 2.00 bits per heavy atom. The van der Waals surface area contributed by atoms with Gasteiger partial charge in [0, 0.05) is 29.3 Å². The zero-order valence-corrected chi connectivity index (χ0v) is 15.2. The van der Waals surface area contributed by atoms with Crippen LogP contribution in [0.15, 0.2) is 36.5 Å². The molecule has 1 N–H and O–H groups in total. The summed E-state index contributed by atoms with van der Waals surface area (Å²) in [6.07, 6.45) is 5.85. The Labute approximate surface area is 160 Å². The summed E-state index contributed by atoms with van der Waals surface area (Å²) in [4.78, 5) is 17.1. The number of carbonyl (C=O) groups excluding carboxylic acids is 1. The van der Waals surface area contributed by atoms with Crippen LogP contribution in [0.4, 0.5) is 0 Å². The van der Waals surface area contributed by atoms with Crippen LogP contribution in [0.2, 0.25) is 5.02 Å². The van der Waals surface area contributed by atoms with Crippen LogP contribution < -0.4 is 5.32 Å². The summed E-state index contributed by atoms with van der Waals surface area (Å²) in [5.41, 5.74) is 2.89. The van der Waals surface area contributed by atoms with Gasteiger partial charge in [0.15, 0.2) is 5.82 Å². The lowest BCUT2D eigenvalue weighted by Crippen LogP contribution is -2.25. The van der Waals surface area contributed by atoms with Gasteiger partial charge >= 0.3 is 0 Å². The van der Waals surface area contributed by atoms with Crippen molar-refractivity contribution < 1.29 is 4.79 Å². The van der Waals surface area contributed by atoms with Crippen molar-refractivity contribution in [3.63, 3.8) is 0 Å². The number of benzene rings is 1. The van der Waals surface area contributed by atoms with Gasteiger partial charge in [0.2, 0.25) is 0 Å². The molecule has 3 aromatic rings. The van der Waals surface area contributed by atoms with Gasteiger partial charge in [-0.3, -0.25) is 9.78 Å². The lowest BCUT2D eigenvalue weighted by Gasteiger charge is -2.11. The second-order valence-corrected chi connectivity index (χ2v) is 7.54. The normalized spacial score (nSPS) is 16.3. The highest BCUT2D eigenvalue weighted by Gasteiger charge is 2.30. The Balaban J connectivity index is 1.60. The fourth-order valence-electron chi connectivity index (χ4n) is 3.03. The molecule has 8 heteroatoms. The third-order valence-electron chi connectivity index (χ3n) is 4.80. The number of nitrogens with one attached hydrogen (secondary N) is 1. The molecule has 136 valence electrons. The number of tetrazole rings is 1. The fraction of sp³-hybridized carbons (Fsp3) is 0.316. The summed E-state index contributed by atoms with van der Waals surface area (Å²) in [5, 5.41) is 15.8. The first-order valence-corrected chi connectivity index (χ1v) is 9.42. The highest BCUT2D eigenvalue weighted by atomic mass is 35.5. The Bertz CT molecular complexity index is 1010. The summed E-state index contributed by atoms with van der Waals surface area (Å²) >= 11 is 5.96. The summed E-state index contributed by atoms with van der Waals surface area (Å²) in [6.45, 7) is 0. The van der Waals surface area contributed by atoms with Crippen LogP contribution >= 0.6 is 11.6 Å². The van der Waals surface area contributed by atoms with Crippen LogP contribution in [-0.2, 0) is 0 Å². The molecule has 0 unspecified atom stereocenters. The predicted octanol–water partition coefficient (Wildman–Crippen LogP) is 3.15. The van der Waals surface area contributed by atoms with Crippen molar-refractivity contribution in [3.05, 3.63) is 52.9 Å². The van der Waals surface area contributed by atoms with Crippen LogP contribution in [0.3, 0.4) is 0 Å². The van der Waals surface area contributed by atoms with Crippen molar-refractivity contribution in [3.8, 4) is 16.9 Å². The number of hydrogen-bond donors (Lipinski definition) is 1. The monoisotopic (exact) mass is 380 g/mol. The van der Waals surface area contributed by atoms with Crippen LogP contribution in [0, 0.1) is 0 Å². The zero-order chi connectivity index (χ0) is 18.4. The van der Waals surface area contributed by atoms with E-state index in [2.05, 4.69) is 25.8 Å². The number of amides is 1. The van der Waals surface area contributed by atoms with Crippen LogP contribution in [-0.4, -0.2) is 37.1 Å². The molecular weight excluding hydrogens is 364 g/mol. The molecule has 27 heavy (non-hydrogen) atoms. The van der Waals surface area contributed by atoms with E-state index in [1.807, 2.05) is 24.3 Å². The molecule has 0 aliphatic heterocycles. The first-order chi connectivity index (χ1) is 13.2. The van der Waals surface area contributed by atoms with Gasteiger partial charge in [-0.05, 0) is 66.4 Å². The predicted molar refractivity (Wildman–Crippen MR) is 99.9 cm³/mol. The van der Waals surface area contributed by atoms with E-state index in [-0.39, 0.29) is 11.9 Å². The standard InChI is InChI=1S/C19H17ClN6O/c20-14-3-6-17(21-10-14)12-7-13(19(27)22-15-4-5-15)9-16(8-12)26-18(11-1-2-11)23-24-25-26/h3,6-11,15H,1-2,4-5H2,(H,22,27). The number of pyridine rings is 1. The Kier molecular flexibility index (Phi) is 3.89. The van der Waals surface area contributed by atoms with E-state index in [1.54, 1.807) is 16.9 Å². The average Bonchev–Trinajstić information content (AvgIpc) is 3.62. The zero-order valence-electron chi connectivity index (χ0n) is 14.5. The van der Waals surface area contributed by atoms with Gasteiger partial charge in [-0.1, -0.05) is 11.6 Å². The number of halogens is 1. The number of rotatable bonds is 5. The molecule has 0 spiro atoms. The van der Waals surface area contributed by atoms with Gasteiger partial charge in [-0.15, -0.1) is 5.10 Å². The van der Waals surface area contributed by atoms with E-state index in [9.17, 15) is 4.79 Å². The summed E-state index contributed by atoms with van der Waals surface area (Å²) in [7, 11) is 0. The maximum absolute atomic E-state index is 12.7. The topological polar surface area (TPSA) is 85.6 Å². The molecule has 2 heterocycles. The quantitative estimate of drug-likeness (QED) is 0.734. The minimum Gasteiger partial charge on any atom is -0.349 e. The second-order valence-electron chi connectivity index (χ2n) is 7.10.